The van der Waals surface area contributed by atoms with Crippen LogP contribution in [0.3, 0.4) is 0 Å². The third-order valence-electron chi connectivity index (χ3n) is 6.41. The minimum absolute atomic E-state index is 0.00744. The Hall–Kier alpha value is -3.17. The second kappa shape index (κ2) is 11.3. The molecule has 0 fully saturated rings. The number of alkyl halides is 18. The highest BCUT2D eigenvalue weighted by molar-refractivity contribution is 7.80. The van der Waals surface area contributed by atoms with Gasteiger partial charge in [-0.3, -0.25) is 0 Å². The lowest BCUT2D eigenvalue weighted by atomic mass is 9.99. The summed E-state index contributed by atoms with van der Waals surface area (Å²) < 4.78 is 252. The maximum atomic E-state index is 14.4. The van der Waals surface area contributed by atoms with Gasteiger partial charge >= 0.3 is 37.1 Å². The lowest BCUT2D eigenvalue weighted by Crippen LogP contribution is -2.37. The standard InChI is InChI=1S/C26H13F18P/c1-10-4-3-5-14(11(10)2)45(15-8-6-12(21(27,28)29)17(23(33,34)35)19(15)25(39,40)41)16-9-7-13(22(30,31)32)18(24(36,37)38)20(16)26(42,43)44/h3-9H,1-2H3. The molecule has 0 nitrogen and oxygen atoms in total. The summed E-state index contributed by atoms with van der Waals surface area (Å²) in [7, 11) is -4.05. The zero-order chi connectivity index (χ0) is 34.9. The first-order chi connectivity index (χ1) is 20.0. The van der Waals surface area contributed by atoms with Crippen molar-refractivity contribution >= 4 is 23.8 Å². The van der Waals surface area contributed by atoms with Crippen LogP contribution in [0.2, 0.25) is 0 Å². The van der Waals surface area contributed by atoms with Crippen LogP contribution in [-0.2, 0) is 37.1 Å². The molecule has 0 aliphatic rings. The largest absolute Gasteiger partial charge is 0.417 e. The van der Waals surface area contributed by atoms with Crippen LogP contribution < -0.4 is 15.9 Å². The Balaban J connectivity index is 2.79. The van der Waals surface area contributed by atoms with Gasteiger partial charge in [0.2, 0.25) is 0 Å². The average molecular weight is 698 g/mol. The molecule has 0 radical (unpaired) electrons. The summed E-state index contributed by atoms with van der Waals surface area (Å²) in [5.41, 5.74) is -19.3. The van der Waals surface area contributed by atoms with Gasteiger partial charge in [0.15, 0.2) is 0 Å². The molecule has 0 bridgehead atoms. The van der Waals surface area contributed by atoms with E-state index in [4.69, 9.17) is 0 Å². The van der Waals surface area contributed by atoms with Crippen molar-refractivity contribution in [2.75, 3.05) is 0 Å². The fraction of sp³-hybridized carbons (Fsp3) is 0.308. The Kier molecular flexibility index (Phi) is 9.09. The van der Waals surface area contributed by atoms with E-state index in [0.717, 1.165) is 13.0 Å². The van der Waals surface area contributed by atoms with Crippen molar-refractivity contribution < 1.29 is 79.0 Å². The monoisotopic (exact) mass is 698 g/mol. The molecule has 45 heavy (non-hydrogen) atoms. The normalized spacial score (nSPS) is 14.0. The molecule has 3 aromatic carbocycles. The Bertz CT molecular complexity index is 1490. The van der Waals surface area contributed by atoms with Gasteiger partial charge in [0.1, 0.15) is 0 Å². The van der Waals surface area contributed by atoms with E-state index in [0.29, 0.717) is 6.07 Å². The molecule has 0 heterocycles. The van der Waals surface area contributed by atoms with Crippen molar-refractivity contribution in [3.05, 3.63) is 87.0 Å². The Morgan fingerprint density at radius 2 is 0.711 bits per heavy atom. The zero-order valence-corrected chi connectivity index (χ0v) is 22.7. The fourth-order valence-corrected chi connectivity index (χ4v) is 7.46. The second-order valence-electron chi connectivity index (χ2n) is 9.31. The molecule has 0 atom stereocenters. The molecule has 0 saturated heterocycles. The molecule has 248 valence electrons. The van der Waals surface area contributed by atoms with Gasteiger partial charge in [-0.1, -0.05) is 30.3 Å². The topological polar surface area (TPSA) is 0 Å². The average Bonchev–Trinajstić information content (AvgIpc) is 2.82. The number of benzene rings is 3. The van der Waals surface area contributed by atoms with Crippen LogP contribution in [0.1, 0.15) is 44.5 Å². The SMILES string of the molecule is Cc1cccc(P(c2ccc(C(F)(F)F)c(C(F)(F)F)c2C(F)(F)F)c2ccc(C(F)(F)F)c(C(F)(F)F)c2C(F)(F)F)c1C. The van der Waals surface area contributed by atoms with Gasteiger partial charge in [-0.05, 0) is 60.9 Å². The summed E-state index contributed by atoms with van der Waals surface area (Å²) in [6, 6.07) is 1.22. The van der Waals surface area contributed by atoms with E-state index in [1.165, 1.54) is 13.0 Å². The van der Waals surface area contributed by atoms with E-state index in [-0.39, 0.29) is 23.3 Å². The Labute approximate surface area is 241 Å². The van der Waals surface area contributed by atoms with Crippen molar-refractivity contribution in [2.45, 2.75) is 50.9 Å². The maximum absolute atomic E-state index is 14.4. The molecular weight excluding hydrogens is 685 g/mol. The first-order valence-electron chi connectivity index (χ1n) is 11.6. The van der Waals surface area contributed by atoms with Crippen LogP contribution in [0, 0.1) is 13.8 Å². The maximum Gasteiger partial charge on any atom is 0.417 e. The first-order valence-corrected chi connectivity index (χ1v) is 13.0. The quantitative estimate of drug-likeness (QED) is 0.189. The van der Waals surface area contributed by atoms with Crippen molar-refractivity contribution in [1.29, 1.82) is 0 Å². The molecule has 0 aromatic heterocycles. The highest BCUT2D eigenvalue weighted by Crippen LogP contribution is 2.53. The van der Waals surface area contributed by atoms with Gasteiger partial charge in [0.25, 0.3) is 0 Å². The molecule has 0 aliphatic carbocycles. The first kappa shape index (κ1) is 36.3. The number of rotatable bonds is 3. The van der Waals surface area contributed by atoms with Gasteiger partial charge in [-0.25, -0.2) is 0 Å². The molecule has 0 amide bonds. The van der Waals surface area contributed by atoms with E-state index in [9.17, 15) is 79.0 Å². The van der Waals surface area contributed by atoms with E-state index in [2.05, 4.69) is 0 Å². The van der Waals surface area contributed by atoms with Crippen LogP contribution in [0.4, 0.5) is 79.0 Å². The summed E-state index contributed by atoms with van der Waals surface area (Å²) in [6.45, 7) is 2.17. The van der Waals surface area contributed by atoms with Gasteiger partial charge in [0, 0.05) is 0 Å². The number of hydrogen-bond acceptors (Lipinski definition) is 0. The second-order valence-corrected chi connectivity index (χ2v) is 11.4. The summed E-state index contributed by atoms with van der Waals surface area (Å²) in [5.74, 6) is 0. The molecular formula is C26H13F18P. The molecule has 0 N–H and O–H groups in total. The van der Waals surface area contributed by atoms with Crippen molar-refractivity contribution in [1.82, 2.24) is 0 Å². The third kappa shape index (κ3) is 7.14. The molecule has 0 saturated carbocycles. The molecule has 0 spiro atoms. The molecule has 3 aromatic rings. The van der Waals surface area contributed by atoms with E-state index in [1.807, 2.05) is 0 Å². The minimum Gasteiger partial charge on any atom is -0.166 e. The zero-order valence-electron chi connectivity index (χ0n) is 21.8. The fourth-order valence-electron chi connectivity index (χ4n) is 4.56. The predicted molar refractivity (Wildman–Crippen MR) is 125 cm³/mol. The summed E-state index contributed by atoms with van der Waals surface area (Å²) in [5, 5.41) is -4.74. The predicted octanol–water partition coefficient (Wildman–Crippen LogP) is 10.2. The number of aryl methyl sites for hydroxylation is 1. The van der Waals surface area contributed by atoms with Gasteiger partial charge < -0.3 is 0 Å². The van der Waals surface area contributed by atoms with Crippen LogP contribution in [0.15, 0.2) is 42.5 Å². The summed E-state index contributed by atoms with van der Waals surface area (Å²) in [4.78, 5) is 0. The Morgan fingerprint density at radius 3 is 1.00 bits per heavy atom. The number of hydrogen-bond donors (Lipinski definition) is 0. The lowest BCUT2D eigenvalue weighted by molar-refractivity contribution is -0.174. The van der Waals surface area contributed by atoms with Crippen LogP contribution in [-0.4, -0.2) is 0 Å². The third-order valence-corrected chi connectivity index (χ3v) is 9.09. The summed E-state index contributed by atoms with van der Waals surface area (Å²) >= 11 is 0. The van der Waals surface area contributed by atoms with Crippen LogP contribution in [0.5, 0.6) is 0 Å². The molecule has 0 unspecified atom stereocenters. The van der Waals surface area contributed by atoms with Crippen molar-refractivity contribution in [3.8, 4) is 0 Å². The van der Waals surface area contributed by atoms with E-state index >= 15 is 0 Å². The highest BCUT2D eigenvalue weighted by Gasteiger charge is 2.55. The lowest BCUT2D eigenvalue weighted by Gasteiger charge is -2.31. The number of halogens is 18. The van der Waals surface area contributed by atoms with Gasteiger partial charge in [-0.15, -0.1) is 0 Å². The van der Waals surface area contributed by atoms with Crippen LogP contribution in [0.25, 0.3) is 0 Å². The highest BCUT2D eigenvalue weighted by atomic mass is 31.1. The van der Waals surface area contributed by atoms with Gasteiger partial charge in [0.05, 0.1) is 33.4 Å². The minimum atomic E-state index is -6.49. The molecule has 19 heteroatoms. The van der Waals surface area contributed by atoms with Crippen molar-refractivity contribution in [3.63, 3.8) is 0 Å². The summed E-state index contributed by atoms with van der Waals surface area (Å²) in [6.07, 6.45) is -38.1. The van der Waals surface area contributed by atoms with Crippen molar-refractivity contribution in [2.24, 2.45) is 0 Å². The van der Waals surface area contributed by atoms with E-state index < -0.39 is 106 Å². The Morgan fingerprint density at radius 1 is 0.378 bits per heavy atom. The molecule has 0 aliphatic heterocycles. The van der Waals surface area contributed by atoms with Gasteiger partial charge in [-0.2, -0.15) is 79.0 Å². The molecule has 3 rings (SSSR count). The van der Waals surface area contributed by atoms with E-state index in [1.54, 1.807) is 0 Å². The van der Waals surface area contributed by atoms with Crippen LogP contribution >= 0.6 is 7.92 Å². The smallest absolute Gasteiger partial charge is 0.166 e.